The summed E-state index contributed by atoms with van der Waals surface area (Å²) in [6, 6.07) is 15.1. The molecule has 2 heterocycles. The first-order valence-electron chi connectivity index (χ1n) is 11.1. The van der Waals surface area contributed by atoms with Crippen LogP contribution in [0.4, 0.5) is 0 Å². The highest BCUT2D eigenvalue weighted by Crippen LogP contribution is 2.31. The van der Waals surface area contributed by atoms with Crippen LogP contribution in [-0.4, -0.2) is 59.5 Å². The zero-order valence-corrected chi connectivity index (χ0v) is 19.0. The summed E-state index contributed by atoms with van der Waals surface area (Å²) in [5.74, 6) is 1.22. The van der Waals surface area contributed by atoms with Gasteiger partial charge in [0.25, 0.3) is 5.56 Å². The number of ether oxygens (including phenoxy) is 3. The summed E-state index contributed by atoms with van der Waals surface area (Å²) >= 11 is 0. The van der Waals surface area contributed by atoms with Crippen molar-refractivity contribution in [3.63, 3.8) is 0 Å². The number of carbonyl (C=O) groups is 1. The number of carbonyl (C=O) groups excluding carboxylic acids is 1. The molecule has 10 nitrogen and oxygen atoms in total. The summed E-state index contributed by atoms with van der Waals surface area (Å²) in [5, 5.41) is 10.0. The minimum atomic E-state index is -0.382. The molecular formula is C24H27N5O5. The van der Waals surface area contributed by atoms with E-state index in [1.807, 2.05) is 35.3 Å². The Labute approximate surface area is 196 Å². The van der Waals surface area contributed by atoms with E-state index in [0.29, 0.717) is 55.8 Å². The van der Waals surface area contributed by atoms with Crippen LogP contribution in [0, 0.1) is 0 Å². The number of hydrogen-bond donors (Lipinski definition) is 2. The average molecular weight is 466 g/mol. The van der Waals surface area contributed by atoms with Gasteiger partial charge in [-0.2, -0.15) is 0 Å². The number of benzene rings is 2. The van der Waals surface area contributed by atoms with Crippen LogP contribution >= 0.6 is 0 Å². The molecule has 3 aromatic rings. The Morgan fingerprint density at radius 2 is 1.91 bits per heavy atom. The first-order chi connectivity index (χ1) is 16.6. The van der Waals surface area contributed by atoms with E-state index in [-0.39, 0.29) is 30.0 Å². The van der Waals surface area contributed by atoms with Gasteiger partial charge < -0.3 is 19.2 Å². The van der Waals surface area contributed by atoms with Crippen molar-refractivity contribution in [3.8, 4) is 22.9 Å². The van der Waals surface area contributed by atoms with Gasteiger partial charge in [0.15, 0.2) is 17.3 Å². The number of hydrazine groups is 1. The Morgan fingerprint density at radius 1 is 1.12 bits per heavy atom. The van der Waals surface area contributed by atoms with Crippen LogP contribution in [0.5, 0.6) is 11.5 Å². The number of methoxy groups -OCH3 is 1. The van der Waals surface area contributed by atoms with Crippen molar-refractivity contribution in [3.05, 3.63) is 70.1 Å². The summed E-state index contributed by atoms with van der Waals surface area (Å²) in [7, 11) is 1.55. The lowest BCUT2D eigenvalue weighted by molar-refractivity contribution is -0.127. The maximum absolute atomic E-state index is 12.5. The topological polar surface area (TPSA) is 119 Å². The maximum atomic E-state index is 12.5. The van der Waals surface area contributed by atoms with Gasteiger partial charge >= 0.3 is 0 Å². The molecule has 1 fully saturated rings. The molecule has 178 valence electrons. The molecule has 1 amide bonds. The van der Waals surface area contributed by atoms with Crippen molar-refractivity contribution < 1.29 is 19.0 Å². The van der Waals surface area contributed by atoms with E-state index in [1.165, 1.54) is 0 Å². The molecule has 1 aliphatic rings. The Morgan fingerprint density at radius 3 is 2.65 bits per heavy atom. The normalized spacial score (nSPS) is 13.9. The Hall–Kier alpha value is -3.76. The van der Waals surface area contributed by atoms with Crippen molar-refractivity contribution in [2.45, 2.75) is 19.4 Å². The molecule has 1 aromatic heterocycles. The van der Waals surface area contributed by atoms with E-state index in [9.17, 15) is 9.59 Å². The standard InChI is InChI=1S/C24H27N5O5/c1-32-21-15-18(7-9-20(21)34-16-17-5-3-2-4-6-17)23-25-24(31)19(26-27-23)8-10-22(30)28-29-11-13-33-14-12-29/h2-7,9,15H,8,10-14,16H2,1H3,(H,28,30)(H,25,27,31). The molecule has 0 spiro atoms. The fourth-order valence-corrected chi connectivity index (χ4v) is 3.46. The first-order valence-corrected chi connectivity index (χ1v) is 11.1. The summed E-state index contributed by atoms with van der Waals surface area (Å²) in [5.41, 5.74) is 4.30. The molecule has 0 bridgehead atoms. The molecule has 0 radical (unpaired) electrons. The van der Waals surface area contributed by atoms with Crippen LogP contribution in [0.2, 0.25) is 0 Å². The maximum Gasteiger partial charge on any atom is 0.273 e. The minimum absolute atomic E-state index is 0.135. The molecule has 2 aromatic carbocycles. The van der Waals surface area contributed by atoms with Crippen molar-refractivity contribution in [2.75, 3.05) is 33.4 Å². The predicted octanol–water partition coefficient (Wildman–Crippen LogP) is 1.72. The number of H-pyrrole nitrogens is 1. The third-order valence-electron chi connectivity index (χ3n) is 5.32. The number of amides is 1. The lowest BCUT2D eigenvalue weighted by Crippen LogP contribution is -2.48. The van der Waals surface area contributed by atoms with Gasteiger partial charge in [-0.05, 0) is 23.8 Å². The molecule has 2 N–H and O–H groups in total. The van der Waals surface area contributed by atoms with E-state index in [1.54, 1.807) is 25.3 Å². The van der Waals surface area contributed by atoms with Gasteiger partial charge in [0.1, 0.15) is 12.3 Å². The molecule has 1 saturated heterocycles. The van der Waals surface area contributed by atoms with Gasteiger partial charge in [-0.25, -0.2) is 5.01 Å². The SMILES string of the molecule is COc1cc(-c2nnc(CCC(=O)NN3CCOCC3)c(=O)[nH]2)ccc1OCc1ccccc1. The third-order valence-corrected chi connectivity index (χ3v) is 5.32. The van der Waals surface area contributed by atoms with Gasteiger partial charge in [-0.3, -0.25) is 15.0 Å². The monoisotopic (exact) mass is 465 g/mol. The number of aromatic amines is 1. The highest BCUT2D eigenvalue weighted by Gasteiger charge is 2.15. The van der Waals surface area contributed by atoms with Crippen LogP contribution in [0.3, 0.4) is 0 Å². The summed E-state index contributed by atoms with van der Waals surface area (Å²) in [6.07, 6.45) is 0.324. The predicted molar refractivity (Wildman–Crippen MR) is 124 cm³/mol. The molecule has 1 aliphatic heterocycles. The molecule has 0 aliphatic carbocycles. The number of aryl methyl sites for hydroxylation is 1. The van der Waals surface area contributed by atoms with Gasteiger partial charge in [-0.1, -0.05) is 30.3 Å². The van der Waals surface area contributed by atoms with Crippen LogP contribution in [0.1, 0.15) is 17.7 Å². The zero-order valence-electron chi connectivity index (χ0n) is 19.0. The van der Waals surface area contributed by atoms with Crippen molar-refractivity contribution in [2.24, 2.45) is 0 Å². The minimum Gasteiger partial charge on any atom is -0.493 e. The van der Waals surface area contributed by atoms with Crippen LogP contribution < -0.4 is 20.5 Å². The van der Waals surface area contributed by atoms with Crippen molar-refractivity contribution >= 4 is 5.91 Å². The second-order valence-electron chi connectivity index (χ2n) is 7.72. The molecule has 0 atom stereocenters. The van der Waals surface area contributed by atoms with E-state index in [0.717, 1.165) is 5.56 Å². The lowest BCUT2D eigenvalue weighted by atomic mass is 10.2. The summed E-state index contributed by atoms with van der Waals surface area (Å²) < 4.78 is 16.6. The number of morpholine rings is 1. The van der Waals surface area contributed by atoms with E-state index in [2.05, 4.69) is 20.6 Å². The number of hydrogen-bond acceptors (Lipinski definition) is 8. The molecule has 0 unspecified atom stereocenters. The van der Waals surface area contributed by atoms with Crippen molar-refractivity contribution in [1.29, 1.82) is 0 Å². The molecule has 10 heteroatoms. The third kappa shape index (κ3) is 6.18. The number of aromatic nitrogens is 3. The molecule has 0 saturated carbocycles. The smallest absolute Gasteiger partial charge is 0.273 e. The van der Waals surface area contributed by atoms with Crippen LogP contribution in [0.15, 0.2) is 53.3 Å². The second kappa shape index (κ2) is 11.4. The van der Waals surface area contributed by atoms with Gasteiger partial charge in [0.05, 0.1) is 20.3 Å². The Kier molecular flexibility index (Phi) is 7.84. The Bertz CT molecular complexity index is 1160. The van der Waals surface area contributed by atoms with Crippen LogP contribution in [-0.2, 0) is 22.6 Å². The number of nitrogens with zero attached hydrogens (tertiary/aromatic N) is 3. The van der Waals surface area contributed by atoms with Crippen LogP contribution in [0.25, 0.3) is 11.4 Å². The van der Waals surface area contributed by atoms with Gasteiger partial charge in [0.2, 0.25) is 5.91 Å². The zero-order chi connectivity index (χ0) is 23.8. The number of rotatable bonds is 9. The first kappa shape index (κ1) is 23.4. The quantitative estimate of drug-likeness (QED) is 0.490. The molecular weight excluding hydrogens is 438 g/mol. The molecule has 34 heavy (non-hydrogen) atoms. The largest absolute Gasteiger partial charge is 0.493 e. The van der Waals surface area contributed by atoms with Gasteiger partial charge in [0, 0.05) is 31.5 Å². The fraction of sp³-hybridized carbons (Fsp3) is 0.333. The Balaban J connectivity index is 1.38. The van der Waals surface area contributed by atoms with E-state index in [4.69, 9.17) is 14.2 Å². The summed E-state index contributed by atoms with van der Waals surface area (Å²) in [6.45, 7) is 2.84. The lowest BCUT2D eigenvalue weighted by Gasteiger charge is -2.26. The second-order valence-corrected chi connectivity index (χ2v) is 7.72. The fourth-order valence-electron chi connectivity index (χ4n) is 3.46. The van der Waals surface area contributed by atoms with E-state index >= 15 is 0 Å². The highest BCUT2D eigenvalue weighted by atomic mass is 16.5. The van der Waals surface area contributed by atoms with Crippen molar-refractivity contribution in [1.82, 2.24) is 25.6 Å². The van der Waals surface area contributed by atoms with Gasteiger partial charge in [-0.15, -0.1) is 10.2 Å². The average Bonchev–Trinajstić information content (AvgIpc) is 2.88. The highest BCUT2D eigenvalue weighted by molar-refractivity contribution is 5.75. The molecule has 4 rings (SSSR count). The number of nitrogens with one attached hydrogen (secondary N) is 2. The summed E-state index contributed by atoms with van der Waals surface area (Å²) in [4.78, 5) is 27.4. The van der Waals surface area contributed by atoms with E-state index < -0.39 is 0 Å².